The van der Waals surface area contributed by atoms with Crippen LogP contribution in [0.25, 0.3) is 0 Å². The quantitative estimate of drug-likeness (QED) is 0.802. The zero-order valence-electron chi connectivity index (χ0n) is 16.8. The summed E-state index contributed by atoms with van der Waals surface area (Å²) in [6.07, 6.45) is 3.89. The smallest absolute Gasteiger partial charge is 0.416 e. The van der Waals surface area contributed by atoms with Crippen molar-refractivity contribution < 1.29 is 14.3 Å². The van der Waals surface area contributed by atoms with Crippen LogP contribution < -0.4 is 4.90 Å². The second-order valence-corrected chi connectivity index (χ2v) is 7.89. The molecule has 26 heavy (non-hydrogen) atoms. The molecule has 1 aromatic rings. The number of hydrogen-bond acceptors (Lipinski definition) is 4. The molecule has 0 saturated carbocycles. The van der Waals surface area contributed by atoms with E-state index in [1.54, 1.807) is 18.0 Å². The minimum atomic E-state index is -0.587. The van der Waals surface area contributed by atoms with Crippen molar-refractivity contribution in [2.45, 2.75) is 78.5 Å². The number of likely N-dealkylation sites (tertiary alicyclic amines) is 1. The lowest BCUT2D eigenvalue weighted by Crippen LogP contribution is -2.43. The van der Waals surface area contributed by atoms with Crippen molar-refractivity contribution in [3.63, 3.8) is 0 Å². The van der Waals surface area contributed by atoms with Gasteiger partial charge in [-0.2, -0.15) is 0 Å². The maximum atomic E-state index is 12.9. The lowest BCUT2D eigenvalue weighted by atomic mass is 10.0. The molecule has 1 saturated heterocycles. The Morgan fingerprint density at radius 2 is 2.12 bits per heavy atom. The van der Waals surface area contributed by atoms with E-state index in [-0.39, 0.29) is 18.0 Å². The number of hydrogen-bond donors (Lipinski definition) is 0. The summed E-state index contributed by atoms with van der Waals surface area (Å²) >= 11 is 0. The molecular weight excluding hydrogens is 330 g/mol. The van der Waals surface area contributed by atoms with Gasteiger partial charge in [0, 0.05) is 31.3 Å². The molecule has 2 atom stereocenters. The SMILES string of the molecule is CC[C@@H](C)N(C(=O)OC(C)(C)C)c1ncccc1[C@H]1CCCN1C(C)=O. The Morgan fingerprint density at radius 1 is 1.42 bits per heavy atom. The van der Waals surface area contributed by atoms with Crippen molar-refractivity contribution in [2.75, 3.05) is 11.4 Å². The minimum Gasteiger partial charge on any atom is -0.443 e. The molecule has 144 valence electrons. The van der Waals surface area contributed by atoms with Crippen LogP contribution in [-0.2, 0) is 9.53 Å². The van der Waals surface area contributed by atoms with Gasteiger partial charge in [0.25, 0.3) is 0 Å². The molecule has 6 nitrogen and oxygen atoms in total. The Bertz CT molecular complexity index is 654. The molecular formula is C20H31N3O3. The number of nitrogens with zero attached hydrogens (tertiary/aromatic N) is 3. The molecule has 6 heteroatoms. The number of aromatic nitrogens is 1. The van der Waals surface area contributed by atoms with E-state index in [9.17, 15) is 9.59 Å². The molecule has 0 aromatic carbocycles. The molecule has 1 aliphatic rings. The van der Waals surface area contributed by atoms with Crippen LogP contribution in [0.3, 0.4) is 0 Å². The predicted octanol–water partition coefficient (Wildman–Crippen LogP) is 4.31. The summed E-state index contributed by atoms with van der Waals surface area (Å²) in [4.78, 5) is 33.0. The monoisotopic (exact) mass is 361 g/mol. The minimum absolute atomic E-state index is 0.0506. The van der Waals surface area contributed by atoms with Crippen LogP contribution in [0, 0.1) is 0 Å². The summed E-state index contributed by atoms with van der Waals surface area (Å²) in [5.74, 6) is 0.643. The Morgan fingerprint density at radius 3 is 2.69 bits per heavy atom. The van der Waals surface area contributed by atoms with Crippen molar-refractivity contribution in [1.29, 1.82) is 0 Å². The van der Waals surface area contributed by atoms with Gasteiger partial charge in [-0.3, -0.25) is 9.69 Å². The van der Waals surface area contributed by atoms with Gasteiger partial charge in [0.15, 0.2) is 0 Å². The van der Waals surface area contributed by atoms with Crippen molar-refractivity contribution in [2.24, 2.45) is 0 Å². The van der Waals surface area contributed by atoms with Crippen molar-refractivity contribution in [1.82, 2.24) is 9.88 Å². The first-order valence-corrected chi connectivity index (χ1v) is 9.40. The normalized spacial score (nSPS) is 18.5. The van der Waals surface area contributed by atoms with Crippen molar-refractivity contribution in [3.8, 4) is 0 Å². The van der Waals surface area contributed by atoms with Crippen LogP contribution in [0.15, 0.2) is 18.3 Å². The zero-order valence-corrected chi connectivity index (χ0v) is 16.8. The largest absolute Gasteiger partial charge is 0.443 e. The highest BCUT2D eigenvalue weighted by Gasteiger charge is 2.35. The van der Waals surface area contributed by atoms with E-state index >= 15 is 0 Å². The lowest BCUT2D eigenvalue weighted by molar-refractivity contribution is -0.129. The van der Waals surface area contributed by atoms with E-state index in [1.807, 2.05) is 51.7 Å². The summed E-state index contributed by atoms with van der Waals surface area (Å²) in [6.45, 7) is 11.9. The van der Waals surface area contributed by atoms with E-state index in [0.717, 1.165) is 31.4 Å². The average Bonchev–Trinajstić information content (AvgIpc) is 3.03. The van der Waals surface area contributed by atoms with Crippen LogP contribution in [-0.4, -0.2) is 40.1 Å². The maximum absolute atomic E-state index is 12.9. The highest BCUT2D eigenvalue weighted by molar-refractivity contribution is 5.88. The molecule has 1 aliphatic heterocycles. The molecule has 1 fully saturated rings. The first-order chi connectivity index (χ1) is 12.2. The Hall–Kier alpha value is -2.11. The van der Waals surface area contributed by atoms with Crippen LogP contribution in [0.2, 0.25) is 0 Å². The van der Waals surface area contributed by atoms with Gasteiger partial charge in [-0.05, 0) is 53.0 Å². The third kappa shape index (κ3) is 4.54. The van der Waals surface area contributed by atoms with E-state index in [0.29, 0.717) is 5.82 Å². The number of pyridine rings is 1. The van der Waals surface area contributed by atoms with Gasteiger partial charge in [-0.1, -0.05) is 13.0 Å². The van der Waals surface area contributed by atoms with Crippen LogP contribution in [0.1, 0.15) is 72.4 Å². The van der Waals surface area contributed by atoms with Gasteiger partial charge >= 0.3 is 6.09 Å². The number of rotatable bonds is 4. The molecule has 0 N–H and O–H groups in total. The van der Waals surface area contributed by atoms with Crippen LogP contribution in [0.5, 0.6) is 0 Å². The number of amides is 2. The second kappa shape index (κ2) is 8.06. The fourth-order valence-electron chi connectivity index (χ4n) is 3.31. The number of carbonyl (C=O) groups excluding carboxylic acids is 2. The molecule has 0 aliphatic carbocycles. The second-order valence-electron chi connectivity index (χ2n) is 7.89. The third-order valence-electron chi connectivity index (χ3n) is 4.68. The average molecular weight is 361 g/mol. The first-order valence-electron chi connectivity index (χ1n) is 9.40. The topological polar surface area (TPSA) is 62.7 Å². The zero-order chi connectivity index (χ0) is 19.5. The van der Waals surface area contributed by atoms with Crippen LogP contribution >= 0.6 is 0 Å². The van der Waals surface area contributed by atoms with Gasteiger partial charge in [0.05, 0.1) is 6.04 Å². The highest BCUT2D eigenvalue weighted by Crippen LogP contribution is 2.37. The van der Waals surface area contributed by atoms with E-state index in [4.69, 9.17) is 4.74 Å². The van der Waals surface area contributed by atoms with E-state index < -0.39 is 11.7 Å². The van der Waals surface area contributed by atoms with E-state index in [1.165, 1.54) is 0 Å². The molecule has 1 aromatic heterocycles. The fraction of sp³-hybridized carbons (Fsp3) is 0.650. The van der Waals surface area contributed by atoms with Gasteiger partial charge in [0.1, 0.15) is 11.4 Å². The first kappa shape index (κ1) is 20.2. The predicted molar refractivity (Wildman–Crippen MR) is 102 cm³/mol. The molecule has 2 rings (SSSR count). The molecule has 2 amide bonds. The van der Waals surface area contributed by atoms with Crippen molar-refractivity contribution >= 4 is 17.8 Å². The molecule has 0 radical (unpaired) electrons. The third-order valence-corrected chi connectivity index (χ3v) is 4.68. The van der Waals surface area contributed by atoms with Crippen LogP contribution in [0.4, 0.5) is 10.6 Å². The summed E-state index contributed by atoms with van der Waals surface area (Å²) in [5.41, 5.74) is 0.322. The van der Waals surface area contributed by atoms with Gasteiger partial charge < -0.3 is 9.64 Å². The number of anilines is 1. The molecule has 2 heterocycles. The Kier molecular flexibility index (Phi) is 6.26. The van der Waals surface area contributed by atoms with E-state index in [2.05, 4.69) is 4.98 Å². The summed E-state index contributed by atoms with van der Waals surface area (Å²) in [6, 6.07) is 3.71. The highest BCUT2D eigenvalue weighted by atomic mass is 16.6. The summed E-state index contributed by atoms with van der Waals surface area (Å²) < 4.78 is 5.64. The number of ether oxygens (including phenoxy) is 1. The number of carbonyl (C=O) groups is 2. The van der Waals surface area contributed by atoms with Gasteiger partial charge in [-0.25, -0.2) is 9.78 Å². The molecule has 0 unspecified atom stereocenters. The summed E-state index contributed by atoms with van der Waals surface area (Å²) in [7, 11) is 0. The van der Waals surface area contributed by atoms with Crippen molar-refractivity contribution in [3.05, 3.63) is 23.9 Å². The van der Waals surface area contributed by atoms with Gasteiger partial charge in [-0.15, -0.1) is 0 Å². The fourth-order valence-corrected chi connectivity index (χ4v) is 3.31. The summed E-state index contributed by atoms with van der Waals surface area (Å²) in [5, 5.41) is 0. The lowest BCUT2D eigenvalue weighted by Gasteiger charge is -2.33. The molecule has 0 bridgehead atoms. The maximum Gasteiger partial charge on any atom is 0.416 e. The Labute approximate surface area is 156 Å². The standard InChI is InChI=1S/C20H31N3O3/c1-7-14(2)23(19(25)26-20(4,5)6)18-16(10-8-12-21-18)17-11-9-13-22(17)15(3)24/h8,10,12,14,17H,7,9,11,13H2,1-6H3/t14-,17-/m1/s1. The molecule has 0 spiro atoms. The Balaban J connectivity index is 2.46. The van der Waals surface area contributed by atoms with Gasteiger partial charge in [0.2, 0.25) is 5.91 Å².